The van der Waals surface area contributed by atoms with Gasteiger partial charge in [0.2, 0.25) is 0 Å². The second kappa shape index (κ2) is 4.81. The monoisotopic (exact) mass is 268 g/mol. The summed E-state index contributed by atoms with van der Waals surface area (Å²) in [5.74, 6) is 0.886. The van der Waals surface area contributed by atoms with Crippen molar-refractivity contribution in [3.63, 3.8) is 0 Å². The number of furan rings is 1. The zero-order valence-corrected chi connectivity index (χ0v) is 10.2. The van der Waals surface area contributed by atoms with Crippen molar-refractivity contribution in [1.82, 2.24) is 0 Å². The fourth-order valence-electron chi connectivity index (χ4n) is 1.46. The van der Waals surface area contributed by atoms with Crippen molar-refractivity contribution in [3.05, 3.63) is 34.5 Å². The van der Waals surface area contributed by atoms with E-state index < -0.39 is 0 Å². The van der Waals surface area contributed by atoms with Crippen LogP contribution in [0.2, 0.25) is 0 Å². The van der Waals surface area contributed by atoms with Gasteiger partial charge < -0.3 is 9.15 Å². The van der Waals surface area contributed by atoms with Gasteiger partial charge in [0, 0.05) is 16.5 Å². The molecule has 0 unspecified atom stereocenters. The average molecular weight is 269 g/mol. The van der Waals surface area contributed by atoms with Crippen LogP contribution in [0, 0.1) is 0 Å². The highest BCUT2D eigenvalue weighted by atomic mass is 79.9. The SMILES string of the molecule is CCCOCc1cc2cc(Br)ccc2o1. The third-order valence-electron chi connectivity index (χ3n) is 2.12. The molecule has 0 N–H and O–H groups in total. The summed E-state index contributed by atoms with van der Waals surface area (Å²) < 4.78 is 12.1. The summed E-state index contributed by atoms with van der Waals surface area (Å²) in [5.41, 5.74) is 0.910. The third kappa shape index (κ3) is 2.61. The number of hydrogen-bond acceptors (Lipinski definition) is 2. The standard InChI is InChI=1S/C12H13BrO2/c1-2-5-14-8-11-7-9-6-10(13)3-4-12(9)15-11/h3-4,6-7H,2,5,8H2,1H3. The van der Waals surface area contributed by atoms with E-state index >= 15 is 0 Å². The van der Waals surface area contributed by atoms with E-state index in [9.17, 15) is 0 Å². The molecule has 0 saturated heterocycles. The molecular weight excluding hydrogens is 256 g/mol. The molecule has 1 aromatic carbocycles. The third-order valence-corrected chi connectivity index (χ3v) is 2.62. The number of ether oxygens (including phenoxy) is 1. The molecule has 0 fully saturated rings. The van der Waals surface area contributed by atoms with Crippen molar-refractivity contribution in [2.24, 2.45) is 0 Å². The van der Waals surface area contributed by atoms with E-state index in [1.807, 2.05) is 24.3 Å². The Balaban J connectivity index is 2.16. The van der Waals surface area contributed by atoms with Crippen LogP contribution in [0.5, 0.6) is 0 Å². The predicted octanol–water partition coefficient (Wildman–Crippen LogP) is 4.12. The summed E-state index contributed by atoms with van der Waals surface area (Å²) in [5, 5.41) is 1.11. The van der Waals surface area contributed by atoms with Gasteiger partial charge in [0.15, 0.2) is 0 Å². The summed E-state index contributed by atoms with van der Waals surface area (Å²) in [7, 11) is 0. The van der Waals surface area contributed by atoms with Gasteiger partial charge in [0.25, 0.3) is 0 Å². The summed E-state index contributed by atoms with van der Waals surface area (Å²) in [6.45, 7) is 3.43. The minimum atomic E-state index is 0.556. The molecule has 0 aliphatic carbocycles. The first-order valence-electron chi connectivity index (χ1n) is 5.05. The van der Waals surface area contributed by atoms with Crippen LogP contribution in [0.15, 0.2) is 33.2 Å². The average Bonchev–Trinajstić information content (AvgIpc) is 2.60. The van der Waals surface area contributed by atoms with E-state index in [-0.39, 0.29) is 0 Å². The zero-order chi connectivity index (χ0) is 10.7. The van der Waals surface area contributed by atoms with Gasteiger partial charge in [0.1, 0.15) is 18.0 Å². The van der Waals surface area contributed by atoms with E-state index in [0.29, 0.717) is 6.61 Å². The lowest BCUT2D eigenvalue weighted by atomic mass is 10.2. The largest absolute Gasteiger partial charge is 0.459 e. The van der Waals surface area contributed by atoms with Crippen molar-refractivity contribution in [1.29, 1.82) is 0 Å². The van der Waals surface area contributed by atoms with E-state index in [1.54, 1.807) is 0 Å². The Labute approximate surface area is 97.3 Å². The number of fused-ring (bicyclic) bond motifs is 1. The molecule has 2 aromatic rings. The first-order valence-corrected chi connectivity index (χ1v) is 5.84. The molecule has 1 heterocycles. The van der Waals surface area contributed by atoms with Crippen molar-refractivity contribution >= 4 is 26.9 Å². The zero-order valence-electron chi connectivity index (χ0n) is 8.63. The van der Waals surface area contributed by atoms with Crippen molar-refractivity contribution < 1.29 is 9.15 Å². The molecule has 3 heteroatoms. The highest BCUT2D eigenvalue weighted by molar-refractivity contribution is 9.10. The molecule has 0 atom stereocenters. The van der Waals surface area contributed by atoms with Crippen LogP contribution in [0.3, 0.4) is 0 Å². The van der Waals surface area contributed by atoms with Gasteiger partial charge in [-0.1, -0.05) is 22.9 Å². The fourth-order valence-corrected chi connectivity index (χ4v) is 1.84. The highest BCUT2D eigenvalue weighted by Crippen LogP contribution is 2.23. The Hall–Kier alpha value is -0.800. The van der Waals surface area contributed by atoms with E-state index in [1.165, 1.54) is 0 Å². The molecule has 1 aromatic heterocycles. The Morgan fingerprint density at radius 1 is 1.33 bits per heavy atom. The normalized spacial score (nSPS) is 11.1. The summed E-state index contributed by atoms with van der Waals surface area (Å²) in [6, 6.07) is 8.00. The van der Waals surface area contributed by atoms with Crippen molar-refractivity contribution in [2.45, 2.75) is 20.0 Å². The predicted molar refractivity (Wildman–Crippen MR) is 63.9 cm³/mol. The van der Waals surface area contributed by atoms with Gasteiger partial charge >= 0.3 is 0 Å². The van der Waals surface area contributed by atoms with Gasteiger partial charge in [0.05, 0.1) is 0 Å². The molecule has 0 saturated carbocycles. The van der Waals surface area contributed by atoms with E-state index in [4.69, 9.17) is 9.15 Å². The Morgan fingerprint density at radius 2 is 2.20 bits per heavy atom. The van der Waals surface area contributed by atoms with Crippen LogP contribution >= 0.6 is 15.9 Å². The Bertz CT molecular complexity index is 448. The molecule has 2 rings (SSSR count). The van der Waals surface area contributed by atoms with Crippen LogP contribution in [-0.2, 0) is 11.3 Å². The van der Waals surface area contributed by atoms with Gasteiger partial charge in [-0.2, -0.15) is 0 Å². The maximum atomic E-state index is 5.62. The van der Waals surface area contributed by atoms with Gasteiger partial charge in [-0.25, -0.2) is 0 Å². The molecule has 2 nitrogen and oxygen atoms in total. The van der Waals surface area contributed by atoms with Gasteiger partial charge in [-0.3, -0.25) is 0 Å². The first-order chi connectivity index (χ1) is 7.29. The molecule has 0 amide bonds. The van der Waals surface area contributed by atoms with Gasteiger partial charge in [-0.15, -0.1) is 0 Å². The van der Waals surface area contributed by atoms with Crippen LogP contribution in [-0.4, -0.2) is 6.61 Å². The molecule has 0 aliphatic heterocycles. The maximum Gasteiger partial charge on any atom is 0.134 e. The Kier molecular flexibility index (Phi) is 3.44. The highest BCUT2D eigenvalue weighted by Gasteiger charge is 2.03. The Morgan fingerprint density at radius 3 is 3.00 bits per heavy atom. The number of benzene rings is 1. The first kappa shape index (κ1) is 10.7. The van der Waals surface area contributed by atoms with Crippen LogP contribution in [0.1, 0.15) is 19.1 Å². The quantitative estimate of drug-likeness (QED) is 0.779. The van der Waals surface area contributed by atoms with E-state index in [0.717, 1.165) is 34.2 Å². The van der Waals surface area contributed by atoms with Crippen LogP contribution in [0.4, 0.5) is 0 Å². The number of rotatable bonds is 4. The lowest BCUT2D eigenvalue weighted by Crippen LogP contribution is -1.91. The molecule has 0 radical (unpaired) electrons. The molecular formula is C12H13BrO2. The van der Waals surface area contributed by atoms with Crippen molar-refractivity contribution in [3.8, 4) is 0 Å². The van der Waals surface area contributed by atoms with Crippen LogP contribution < -0.4 is 0 Å². The minimum absolute atomic E-state index is 0.556. The van der Waals surface area contributed by atoms with E-state index in [2.05, 4.69) is 22.9 Å². The number of halogens is 1. The minimum Gasteiger partial charge on any atom is -0.459 e. The summed E-state index contributed by atoms with van der Waals surface area (Å²) >= 11 is 3.43. The summed E-state index contributed by atoms with van der Waals surface area (Å²) in [6.07, 6.45) is 1.03. The topological polar surface area (TPSA) is 22.4 Å². The van der Waals surface area contributed by atoms with Crippen molar-refractivity contribution in [2.75, 3.05) is 6.61 Å². The molecule has 15 heavy (non-hydrogen) atoms. The summed E-state index contributed by atoms with van der Waals surface area (Å²) in [4.78, 5) is 0. The lowest BCUT2D eigenvalue weighted by molar-refractivity contribution is 0.108. The molecule has 0 spiro atoms. The molecule has 0 aliphatic rings. The van der Waals surface area contributed by atoms with Gasteiger partial charge in [-0.05, 0) is 30.7 Å². The maximum absolute atomic E-state index is 5.62. The molecule has 0 bridgehead atoms. The second-order valence-corrected chi connectivity index (χ2v) is 4.36. The lowest BCUT2D eigenvalue weighted by Gasteiger charge is -1.97. The fraction of sp³-hybridized carbons (Fsp3) is 0.333. The second-order valence-electron chi connectivity index (χ2n) is 3.45. The molecule has 80 valence electrons. The number of hydrogen-bond donors (Lipinski definition) is 0. The smallest absolute Gasteiger partial charge is 0.134 e. The van der Waals surface area contributed by atoms with Crippen LogP contribution in [0.25, 0.3) is 11.0 Å².